The van der Waals surface area contributed by atoms with Gasteiger partial charge in [0.1, 0.15) is 5.82 Å². The second-order valence-electron chi connectivity index (χ2n) is 5.94. The first-order valence-electron chi connectivity index (χ1n) is 8.22. The third-order valence-corrected chi connectivity index (χ3v) is 4.34. The third kappa shape index (κ3) is 3.45. The monoisotopic (exact) mass is 396 g/mol. The largest absolute Gasteiger partial charge is 0.381 e. The first kappa shape index (κ1) is 17.7. The van der Waals surface area contributed by atoms with Gasteiger partial charge in [0.2, 0.25) is 0 Å². The fourth-order valence-corrected chi connectivity index (χ4v) is 2.96. The number of amides is 2. The van der Waals surface area contributed by atoms with Gasteiger partial charge >= 0.3 is 6.03 Å². The number of nitrogen functional groups attached to an aromatic ring is 1. The van der Waals surface area contributed by atoms with Crippen LogP contribution < -0.4 is 16.4 Å². The van der Waals surface area contributed by atoms with Gasteiger partial charge in [-0.1, -0.05) is 23.7 Å². The quantitative estimate of drug-likeness (QED) is 0.477. The molecule has 7 nitrogen and oxygen atoms in total. The smallest absolute Gasteiger partial charge is 0.323 e. The van der Waals surface area contributed by atoms with Crippen molar-refractivity contribution in [3.8, 4) is 11.3 Å². The van der Waals surface area contributed by atoms with Gasteiger partial charge in [-0.05, 0) is 30.3 Å². The van der Waals surface area contributed by atoms with Gasteiger partial charge < -0.3 is 16.4 Å². The van der Waals surface area contributed by atoms with Crippen molar-refractivity contribution in [1.29, 1.82) is 0 Å². The van der Waals surface area contributed by atoms with Crippen LogP contribution in [-0.2, 0) is 0 Å². The summed E-state index contributed by atoms with van der Waals surface area (Å²) in [7, 11) is 0. The molecule has 2 amide bonds. The summed E-state index contributed by atoms with van der Waals surface area (Å²) in [5.74, 6) is -0.218. The van der Waals surface area contributed by atoms with E-state index in [2.05, 4.69) is 20.6 Å². The average molecular weight is 397 g/mol. The number of imidazole rings is 1. The van der Waals surface area contributed by atoms with Crippen molar-refractivity contribution in [3.63, 3.8) is 0 Å². The Kier molecular flexibility index (Phi) is 4.54. The van der Waals surface area contributed by atoms with Crippen LogP contribution in [0.5, 0.6) is 0 Å². The maximum atomic E-state index is 13.2. The number of carbonyl (C=O) groups is 1. The molecule has 2 aromatic heterocycles. The van der Waals surface area contributed by atoms with Crippen molar-refractivity contribution in [2.45, 2.75) is 0 Å². The van der Waals surface area contributed by atoms with Crippen LogP contribution in [0.25, 0.3) is 16.9 Å². The van der Waals surface area contributed by atoms with Crippen LogP contribution in [0.3, 0.4) is 0 Å². The second-order valence-corrected chi connectivity index (χ2v) is 6.35. The number of carbonyl (C=O) groups excluding carboxylic acids is 1. The number of anilines is 3. The van der Waals surface area contributed by atoms with Crippen molar-refractivity contribution < 1.29 is 9.18 Å². The zero-order chi connectivity index (χ0) is 19.7. The van der Waals surface area contributed by atoms with Crippen molar-refractivity contribution in [2.75, 3.05) is 16.4 Å². The van der Waals surface area contributed by atoms with Crippen molar-refractivity contribution in [1.82, 2.24) is 14.4 Å². The highest BCUT2D eigenvalue weighted by molar-refractivity contribution is 6.31. The lowest BCUT2D eigenvalue weighted by atomic mass is 10.1. The lowest BCUT2D eigenvalue weighted by molar-refractivity contribution is 0.262. The maximum absolute atomic E-state index is 13.2. The van der Waals surface area contributed by atoms with Gasteiger partial charge in [-0.25, -0.2) is 19.2 Å². The molecule has 0 unspecified atom stereocenters. The van der Waals surface area contributed by atoms with Crippen LogP contribution >= 0.6 is 11.6 Å². The number of nitrogens with one attached hydrogen (secondary N) is 2. The highest BCUT2D eigenvalue weighted by Gasteiger charge is 2.10. The second kappa shape index (κ2) is 7.16. The zero-order valence-corrected chi connectivity index (χ0v) is 15.1. The molecule has 140 valence electrons. The predicted octanol–water partition coefficient (Wildman–Crippen LogP) is 4.42. The molecule has 9 heteroatoms. The molecule has 28 heavy (non-hydrogen) atoms. The molecule has 4 N–H and O–H groups in total. The van der Waals surface area contributed by atoms with E-state index in [0.29, 0.717) is 22.8 Å². The number of urea groups is 1. The first-order valence-corrected chi connectivity index (χ1v) is 8.60. The predicted molar refractivity (Wildman–Crippen MR) is 107 cm³/mol. The molecular formula is C19H14ClFN6O. The van der Waals surface area contributed by atoms with Crippen LogP contribution in [0.2, 0.25) is 5.02 Å². The molecule has 2 heterocycles. The highest BCUT2D eigenvalue weighted by atomic mass is 35.5. The van der Waals surface area contributed by atoms with Gasteiger partial charge in [-0.3, -0.25) is 4.40 Å². The minimum absolute atomic E-state index is 0.0684. The number of benzene rings is 2. The van der Waals surface area contributed by atoms with Crippen molar-refractivity contribution in [3.05, 3.63) is 71.9 Å². The molecule has 0 saturated carbocycles. The molecule has 2 aromatic carbocycles. The molecule has 0 saturated heterocycles. The van der Waals surface area contributed by atoms with Crippen LogP contribution in [-0.4, -0.2) is 20.4 Å². The summed E-state index contributed by atoms with van der Waals surface area (Å²) in [6, 6.07) is 10.7. The van der Waals surface area contributed by atoms with E-state index in [1.165, 1.54) is 18.2 Å². The minimum atomic E-state index is -0.552. The van der Waals surface area contributed by atoms with E-state index >= 15 is 0 Å². The Morgan fingerprint density at radius 1 is 1.11 bits per heavy atom. The molecule has 0 spiro atoms. The Hall–Kier alpha value is -3.65. The maximum Gasteiger partial charge on any atom is 0.323 e. The third-order valence-electron chi connectivity index (χ3n) is 4.05. The molecule has 0 radical (unpaired) electrons. The van der Waals surface area contributed by atoms with Gasteiger partial charge in [0.25, 0.3) is 0 Å². The SMILES string of the molecule is Nc1nccn2c(-c3cccc(NC(=O)Nc4ccc(F)c(Cl)c4)c3)cnc12. The van der Waals surface area contributed by atoms with E-state index in [0.717, 1.165) is 11.3 Å². The number of rotatable bonds is 3. The molecule has 0 aliphatic rings. The van der Waals surface area contributed by atoms with Crippen LogP contribution in [0.4, 0.5) is 26.4 Å². The summed E-state index contributed by atoms with van der Waals surface area (Å²) < 4.78 is 15.0. The number of hydrogen-bond acceptors (Lipinski definition) is 4. The number of halogens is 2. The van der Waals surface area contributed by atoms with Crippen LogP contribution in [0.15, 0.2) is 61.1 Å². The zero-order valence-electron chi connectivity index (χ0n) is 14.4. The van der Waals surface area contributed by atoms with Gasteiger partial charge in [-0.2, -0.15) is 0 Å². The van der Waals surface area contributed by atoms with Crippen LogP contribution in [0, 0.1) is 5.82 Å². The molecule has 4 rings (SSSR count). The highest BCUT2D eigenvalue weighted by Crippen LogP contribution is 2.25. The average Bonchev–Trinajstić information content (AvgIpc) is 3.10. The summed E-state index contributed by atoms with van der Waals surface area (Å²) in [5, 5.41) is 5.27. The Bertz CT molecular complexity index is 1190. The van der Waals surface area contributed by atoms with E-state index in [-0.39, 0.29) is 5.02 Å². The van der Waals surface area contributed by atoms with Gasteiger partial charge in [0.05, 0.1) is 16.9 Å². The van der Waals surface area contributed by atoms with Crippen LogP contribution in [0.1, 0.15) is 0 Å². The summed E-state index contributed by atoms with van der Waals surface area (Å²) in [4.78, 5) is 20.5. The lowest BCUT2D eigenvalue weighted by Gasteiger charge is -2.10. The summed E-state index contributed by atoms with van der Waals surface area (Å²) in [6.45, 7) is 0. The number of hydrogen-bond donors (Lipinski definition) is 3. The normalized spacial score (nSPS) is 10.8. The number of nitrogens with zero attached hydrogens (tertiary/aromatic N) is 3. The van der Waals surface area contributed by atoms with Gasteiger partial charge in [0.15, 0.2) is 11.5 Å². The standard InChI is InChI=1S/C19H14ClFN6O/c20-14-9-13(4-5-15(14)21)26-19(28)25-12-3-1-2-11(8-12)16-10-24-18-17(22)23-6-7-27(16)18/h1-10H,(H2,22,23)(H2,25,26,28). The topological polar surface area (TPSA) is 97.3 Å². The van der Waals surface area contributed by atoms with Crippen molar-refractivity contribution in [2.24, 2.45) is 0 Å². The van der Waals surface area contributed by atoms with E-state index < -0.39 is 11.8 Å². The summed E-state index contributed by atoms with van der Waals surface area (Å²) in [6.07, 6.45) is 5.04. The Morgan fingerprint density at radius 2 is 1.89 bits per heavy atom. The molecule has 4 aromatic rings. The van der Waals surface area contributed by atoms with E-state index in [9.17, 15) is 9.18 Å². The fourth-order valence-electron chi connectivity index (χ4n) is 2.78. The Balaban J connectivity index is 1.56. The Labute approximate surface area is 164 Å². The molecule has 0 aliphatic carbocycles. The van der Waals surface area contributed by atoms with Gasteiger partial charge in [-0.15, -0.1) is 0 Å². The minimum Gasteiger partial charge on any atom is -0.381 e. The molecule has 0 bridgehead atoms. The van der Waals surface area contributed by atoms with Crippen molar-refractivity contribution >= 4 is 40.5 Å². The lowest BCUT2D eigenvalue weighted by Crippen LogP contribution is -2.19. The number of aromatic nitrogens is 3. The molecule has 0 atom stereocenters. The van der Waals surface area contributed by atoms with Gasteiger partial charge in [0, 0.05) is 29.3 Å². The Morgan fingerprint density at radius 3 is 2.68 bits per heavy atom. The molecular weight excluding hydrogens is 383 g/mol. The summed E-state index contributed by atoms with van der Waals surface area (Å²) in [5.41, 5.74) is 8.99. The first-order chi connectivity index (χ1) is 13.5. The number of fused-ring (bicyclic) bond motifs is 1. The van der Waals surface area contributed by atoms with E-state index in [1.54, 1.807) is 30.7 Å². The van der Waals surface area contributed by atoms with E-state index in [4.69, 9.17) is 17.3 Å². The number of nitrogens with two attached hydrogens (primary N) is 1. The summed E-state index contributed by atoms with van der Waals surface area (Å²) >= 11 is 5.73. The van der Waals surface area contributed by atoms with E-state index in [1.807, 2.05) is 16.5 Å². The fraction of sp³-hybridized carbons (Fsp3) is 0. The molecule has 0 fully saturated rings. The molecule has 0 aliphatic heterocycles.